The van der Waals surface area contributed by atoms with Crippen molar-refractivity contribution in [3.63, 3.8) is 0 Å². The molecule has 0 aliphatic carbocycles. The highest BCUT2D eigenvalue weighted by atomic mass is 35.5. The maximum absolute atomic E-state index is 6.24. The number of nitrogens with zero attached hydrogens (tertiary/aromatic N) is 2. The molecule has 2 N–H and O–H groups in total. The van der Waals surface area contributed by atoms with Crippen LogP contribution in [0.1, 0.15) is 0 Å². The van der Waals surface area contributed by atoms with E-state index in [-0.39, 0.29) is 0 Å². The maximum atomic E-state index is 6.24. The molecule has 0 radical (unpaired) electrons. The molecular formula is C16H12Cl2N4. The number of anilines is 4. The monoisotopic (exact) mass is 330 g/mol. The van der Waals surface area contributed by atoms with Crippen LogP contribution < -0.4 is 10.6 Å². The van der Waals surface area contributed by atoms with Crippen molar-refractivity contribution in [1.82, 2.24) is 9.97 Å². The number of hydrogen-bond acceptors (Lipinski definition) is 4. The summed E-state index contributed by atoms with van der Waals surface area (Å²) in [6, 6.07) is 14.7. The first-order chi connectivity index (χ1) is 10.7. The van der Waals surface area contributed by atoms with Crippen molar-refractivity contribution in [2.24, 2.45) is 0 Å². The minimum atomic E-state index is 0.516. The summed E-state index contributed by atoms with van der Waals surface area (Å²) >= 11 is 12.5. The third kappa shape index (κ3) is 3.47. The molecule has 0 saturated carbocycles. The number of nitrogens with one attached hydrogen (secondary N) is 2. The average Bonchev–Trinajstić information content (AvgIpc) is 2.54. The van der Waals surface area contributed by atoms with E-state index in [1.807, 2.05) is 42.5 Å². The topological polar surface area (TPSA) is 49.8 Å². The summed E-state index contributed by atoms with van der Waals surface area (Å²) in [5.74, 6) is 1.41. The Hall–Kier alpha value is -2.30. The van der Waals surface area contributed by atoms with Crippen LogP contribution in [-0.2, 0) is 0 Å². The smallest absolute Gasteiger partial charge is 0.130 e. The second-order valence-corrected chi connectivity index (χ2v) is 5.31. The van der Waals surface area contributed by atoms with Crippen molar-refractivity contribution < 1.29 is 0 Å². The van der Waals surface area contributed by atoms with Gasteiger partial charge in [0.05, 0.1) is 21.4 Å². The lowest BCUT2D eigenvalue weighted by atomic mass is 10.2. The second-order valence-electron chi connectivity index (χ2n) is 4.49. The molecule has 0 spiro atoms. The van der Waals surface area contributed by atoms with Gasteiger partial charge in [0.25, 0.3) is 0 Å². The molecule has 0 bridgehead atoms. The second kappa shape index (κ2) is 6.64. The highest BCUT2D eigenvalue weighted by Crippen LogP contribution is 2.35. The third-order valence-electron chi connectivity index (χ3n) is 2.91. The minimum Gasteiger partial charge on any atom is -0.339 e. The molecule has 4 nitrogen and oxygen atoms in total. The van der Waals surface area contributed by atoms with Crippen LogP contribution in [0.5, 0.6) is 0 Å². The minimum absolute atomic E-state index is 0.516. The predicted molar refractivity (Wildman–Crippen MR) is 91.5 cm³/mol. The van der Waals surface area contributed by atoms with Gasteiger partial charge in [-0.25, -0.2) is 9.97 Å². The van der Waals surface area contributed by atoms with Gasteiger partial charge >= 0.3 is 0 Å². The Labute approximate surface area is 138 Å². The summed E-state index contributed by atoms with van der Waals surface area (Å²) in [4.78, 5) is 8.43. The Morgan fingerprint density at radius 3 is 1.59 bits per heavy atom. The summed E-state index contributed by atoms with van der Waals surface area (Å²) in [5, 5.41) is 7.36. The van der Waals surface area contributed by atoms with Gasteiger partial charge in [0, 0.05) is 12.4 Å². The zero-order chi connectivity index (χ0) is 15.4. The summed E-state index contributed by atoms with van der Waals surface area (Å²) in [7, 11) is 0. The normalized spacial score (nSPS) is 10.3. The van der Waals surface area contributed by atoms with Gasteiger partial charge in [0.1, 0.15) is 11.6 Å². The maximum Gasteiger partial charge on any atom is 0.130 e. The Bertz CT molecular complexity index is 701. The third-order valence-corrected chi connectivity index (χ3v) is 3.54. The molecule has 2 heterocycles. The lowest BCUT2D eigenvalue weighted by Gasteiger charge is -2.13. The lowest BCUT2D eigenvalue weighted by molar-refractivity contribution is 1.30. The molecule has 22 heavy (non-hydrogen) atoms. The fourth-order valence-electron chi connectivity index (χ4n) is 1.89. The molecule has 110 valence electrons. The SMILES string of the molecule is Clc1cc(Cl)c(Nc2ccccn2)cc1Nc1ccccn1. The van der Waals surface area contributed by atoms with Crippen LogP contribution in [0, 0.1) is 0 Å². The van der Waals surface area contributed by atoms with Gasteiger partial charge in [-0.3, -0.25) is 0 Å². The highest BCUT2D eigenvalue weighted by molar-refractivity contribution is 6.38. The Morgan fingerprint density at radius 2 is 1.18 bits per heavy atom. The van der Waals surface area contributed by atoms with Gasteiger partial charge in [-0.15, -0.1) is 0 Å². The van der Waals surface area contributed by atoms with Crippen LogP contribution in [0.2, 0.25) is 10.0 Å². The van der Waals surface area contributed by atoms with Crippen LogP contribution in [0.4, 0.5) is 23.0 Å². The first-order valence-electron chi connectivity index (χ1n) is 6.57. The molecular weight excluding hydrogens is 319 g/mol. The predicted octanol–water partition coefficient (Wildman–Crippen LogP) is 5.27. The fraction of sp³-hybridized carbons (Fsp3) is 0. The molecule has 1 aromatic carbocycles. The summed E-state index contributed by atoms with van der Waals surface area (Å²) in [6.45, 7) is 0. The molecule has 0 amide bonds. The molecule has 3 rings (SSSR count). The molecule has 0 aliphatic rings. The van der Waals surface area contributed by atoms with Gasteiger partial charge in [-0.2, -0.15) is 0 Å². The Morgan fingerprint density at radius 1 is 0.682 bits per heavy atom. The summed E-state index contributed by atoms with van der Waals surface area (Å²) in [6.07, 6.45) is 3.42. The highest BCUT2D eigenvalue weighted by Gasteiger charge is 2.09. The van der Waals surface area contributed by atoms with E-state index in [1.54, 1.807) is 18.5 Å². The molecule has 0 aliphatic heterocycles. The zero-order valence-corrected chi connectivity index (χ0v) is 12.9. The van der Waals surface area contributed by atoms with Crippen LogP contribution >= 0.6 is 23.2 Å². The largest absolute Gasteiger partial charge is 0.339 e. The van der Waals surface area contributed by atoms with Gasteiger partial charge in [-0.1, -0.05) is 35.3 Å². The Kier molecular flexibility index (Phi) is 4.42. The van der Waals surface area contributed by atoms with Crippen molar-refractivity contribution in [3.05, 3.63) is 71.0 Å². The van der Waals surface area contributed by atoms with E-state index in [9.17, 15) is 0 Å². The standard InChI is InChI=1S/C16H12Cl2N4/c17-11-9-12(18)14(22-16-6-2-4-8-20-16)10-13(11)21-15-5-1-3-7-19-15/h1-10H,(H,19,21)(H,20,22). The van der Waals surface area contributed by atoms with E-state index in [2.05, 4.69) is 20.6 Å². The van der Waals surface area contributed by atoms with E-state index in [4.69, 9.17) is 23.2 Å². The van der Waals surface area contributed by atoms with Crippen LogP contribution in [-0.4, -0.2) is 9.97 Å². The van der Waals surface area contributed by atoms with E-state index in [1.165, 1.54) is 0 Å². The van der Waals surface area contributed by atoms with Gasteiger partial charge in [-0.05, 0) is 36.4 Å². The number of rotatable bonds is 4. The van der Waals surface area contributed by atoms with E-state index < -0.39 is 0 Å². The number of aromatic nitrogens is 2. The fourth-order valence-corrected chi connectivity index (χ4v) is 2.37. The van der Waals surface area contributed by atoms with Gasteiger partial charge < -0.3 is 10.6 Å². The number of benzene rings is 1. The molecule has 6 heteroatoms. The zero-order valence-electron chi connectivity index (χ0n) is 11.4. The molecule has 2 aromatic heterocycles. The summed E-state index contributed by atoms with van der Waals surface area (Å²) < 4.78 is 0. The van der Waals surface area contributed by atoms with Crippen LogP contribution in [0.15, 0.2) is 60.9 Å². The molecule has 0 fully saturated rings. The van der Waals surface area contributed by atoms with Crippen molar-refractivity contribution in [1.29, 1.82) is 0 Å². The quantitative estimate of drug-likeness (QED) is 0.684. The first-order valence-corrected chi connectivity index (χ1v) is 7.33. The van der Waals surface area contributed by atoms with Crippen molar-refractivity contribution in [2.75, 3.05) is 10.6 Å². The van der Waals surface area contributed by atoms with Crippen LogP contribution in [0.3, 0.4) is 0 Å². The van der Waals surface area contributed by atoms with E-state index >= 15 is 0 Å². The molecule has 0 unspecified atom stereocenters. The lowest BCUT2D eigenvalue weighted by Crippen LogP contribution is -1.97. The van der Waals surface area contributed by atoms with Crippen molar-refractivity contribution in [2.45, 2.75) is 0 Å². The van der Waals surface area contributed by atoms with Crippen LogP contribution in [0.25, 0.3) is 0 Å². The Balaban J connectivity index is 1.90. The van der Waals surface area contributed by atoms with Gasteiger partial charge in [0.15, 0.2) is 0 Å². The number of hydrogen-bond donors (Lipinski definition) is 2. The van der Waals surface area contributed by atoms with E-state index in [0.717, 1.165) is 0 Å². The molecule has 0 saturated heterocycles. The first kappa shape index (κ1) is 14.6. The average molecular weight is 331 g/mol. The van der Waals surface area contributed by atoms with Crippen molar-refractivity contribution in [3.8, 4) is 0 Å². The van der Waals surface area contributed by atoms with E-state index in [0.29, 0.717) is 33.1 Å². The van der Waals surface area contributed by atoms with Gasteiger partial charge in [0.2, 0.25) is 0 Å². The summed E-state index contributed by atoms with van der Waals surface area (Å²) in [5.41, 5.74) is 1.42. The number of pyridine rings is 2. The number of halogens is 2. The van der Waals surface area contributed by atoms with Crippen molar-refractivity contribution >= 4 is 46.2 Å². The molecule has 3 aromatic rings. The molecule has 0 atom stereocenters.